The minimum absolute atomic E-state index is 0.156. The number of hydrogen-bond donors (Lipinski definition) is 1. The Balaban J connectivity index is 2.67. The fourth-order valence-electron chi connectivity index (χ4n) is 1.85. The Morgan fingerprint density at radius 3 is 2.75 bits per heavy atom. The number of methoxy groups -OCH3 is 1. The van der Waals surface area contributed by atoms with Gasteiger partial charge in [-0.25, -0.2) is 8.42 Å². The first-order chi connectivity index (χ1) is 7.37. The molecule has 0 aromatic carbocycles. The van der Waals surface area contributed by atoms with Crippen LogP contribution in [0.15, 0.2) is 0 Å². The molecule has 96 valence electrons. The molecule has 0 amide bonds. The maximum Gasteiger partial charge on any atom is 0.215 e. The number of sulfonamides is 1. The maximum atomic E-state index is 11.9. The van der Waals surface area contributed by atoms with Gasteiger partial charge in [0.25, 0.3) is 0 Å². The molecule has 1 saturated heterocycles. The van der Waals surface area contributed by atoms with Gasteiger partial charge in [-0.15, -0.1) is 0 Å². The highest BCUT2D eigenvalue weighted by Crippen LogP contribution is 2.14. The van der Waals surface area contributed by atoms with Crippen molar-refractivity contribution in [2.24, 2.45) is 0 Å². The summed E-state index contributed by atoms with van der Waals surface area (Å²) in [6, 6.07) is 0. The van der Waals surface area contributed by atoms with Crippen LogP contribution in [0.4, 0.5) is 0 Å². The van der Waals surface area contributed by atoms with Crippen LogP contribution in [0.25, 0.3) is 0 Å². The quantitative estimate of drug-likeness (QED) is 0.716. The first-order valence-electron chi connectivity index (χ1n) is 5.59. The molecule has 0 aliphatic carbocycles. The van der Waals surface area contributed by atoms with Gasteiger partial charge in [0.2, 0.25) is 10.0 Å². The third-order valence-electron chi connectivity index (χ3n) is 2.68. The van der Waals surface area contributed by atoms with Crippen molar-refractivity contribution >= 4 is 10.0 Å². The number of nitrogens with zero attached hydrogens (tertiary/aromatic N) is 1. The fourth-order valence-corrected chi connectivity index (χ4v) is 3.39. The molecule has 1 fully saturated rings. The lowest BCUT2D eigenvalue weighted by molar-refractivity contribution is 0.183. The molecule has 1 N–H and O–H groups in total. The molecule has 1 aliphatic heterocycles. The van der Waals surface area contributed by atoms with E-state index in [0.717, 1.165) is 6.42 Å². The first-order valence-corrected chi connectivity index (χ1v) is 7.20. The van der Waals surface area contributed by atoms with Gasteiger partial charge in [0.05, 0.1) is 5.75 Å². The summed E-state index contributed by atoms with van der Waals surface area (Å²) in [6.45, 7) is 6.24. The Kier molecular flexibility index (Phi) is 4.73. The van der Waals surface area contributed by atoms with E-state index >= 15 is 0 Å². The number of ether oxygens (including phenoxy) is 1. The van der Waals surface area contributed by atoms with Crippen molar-refractivity contribution in [2.45, 2.75) is 25.8 Å². The number of nitrogens with one attached hydrogen (secondary N) is 1. The molecule has 1 aliphatic rings. The van der Waals surface area contributed by atoms with E-state index in [9.17, 15) is 8.42 Å². The molecule has 16 heavy (non-hydrogen) atoms. The second kappa shape index (κ2) is 5.44. The topological polar surface area (TPSA) is 58.6 Å². The highest BCUT2D eigenvalue weighted by molar-refractivity contribution is 7.89. The summed E-state index contributed by atoms with van der Waals surface area (Å²) in [7, 11) is -1.47. The predicted octanol–water partition coefficient (Wildman–Crippen LogP) is 0.0365. The van der Waals surface area contributed by atoms with Crippen LogP contribution in [0.3, 0.4) is 0 Å². The summed E-state index contributed by atoms with van der Waals surface area (Å²) < 4.78 is 30.4. The lowest BCUT2D eigenvalue weighted by atomic mass is 10.1. The standard InChI is InChI=1S/C10H22N2O3S/c1-10(2)9-12(6-4-7-15-3)16(13,14)8-5-11-10/h11H,4-9H2,1-3H3. The molecule has 0 saturated carbocycles. The summed E-state index contributed by atoms with van der Waals surface area (Å²) in [6.07, 6.45) is 0.742. The van der Waals surface area contributed by atoms with Crippen molar-refractivity contribution in [3.63, 3.8) is 0 Å². The lowest BCUT2D eigenvalue weighted by Crippen LogP contribution is -2.47. The van der Waals surface area contributed by atoms with Gasteiger partial charge in [-0.05, 0) is 20.3 Å². The number of rotatable bonds is 4. The van der Waals surface area contributed by atoms with Gasteiger partial charge in [-0.3, -0.25) is 0 Å². The van der Waals surface area contributed by atoms with Crippen molar-refractivity contribution < 1.29 is 13.2 Å². The molecule has 6 heteroatoms. The molecule has 0 spiro atoms. The van der Waals surface area contributed by atoms with Crippen LogP contribution >= 0.6 is 0 Å². The average Bonchev–Trinajstić information content (AvgIpc) is 2.24. The second-order valence-corrected chi connectivity index (χ2v) is 6.90. The molecule has 0 unspecified atom stereocenters. The van der Waals surface area contributed by atoms with Gasteiger partial charge in [0.15, 0.2) is 0 Å². The molecular formula is C10H22N2O3S. The number of hydrogen-bond acceptors (Lipinski definition) is 4. The molecule has 0 radical (unpaired) electrons. The molecule has 0 bridgehead atoms. The van der Waals surface area contributed by atoms with Crippen LogP contribution in [0.2, 0.25) is 0 Å². The average molecular weight is 250 g/mol. The van der Waals surface area contributed by atoms with E-state index in [0.29, 0.717) is 26.2 Å². The van der Waals surface area contributed by atoms with Crippen molar-refractivity contribution in [1.82, 2.24) is 9.62 Å². The Labute approximate surface area is 98.2 Å². The molecular weight excluding hydrogens is 228 g/mol. The van der Waals surface area contributed by atoms with E-state index < -0.39 is 10.0 Å². The van der Waals surface area contributed by atoms with Gasteiger partial charge >= 0.3 is 0 Å². The van der Waals surface area contributed by atoms with E-state index in [-0.39, 0.29) is 11.3 Å². The second-order valence-electron chi connectivity index (χ2n) is 4.81. The van der Waals surface area contributed by atoms with Gasteiger partial charge in [0.1, 0.15) is 0 Å². The highest BCUT2D eigenvalue weighted by Gasteiger charge is 2.32. The van der Waals surface area contributed by atoms with Crippen LogP contribution in [0.1, 0.15) is 20.3 Å². The third-order valence-corrected chi connectivity index (χ3v) is 4.50. The zero-order chi connectivity index (χ0) is 12.2. The van der Waals surface area contributed by atoms with Crippen molar-refractivity contribution in [2.75, 3.05) is 39.1 Å². The van der Waals surface area contributed by atoms with Crippen LogP contribution < -0.4 is 5.32 Å². The van der Waals surface area contributed by atoms with Crippen LogP contribution in [0.5, 0.6) is 0 Å². The Morgan fingerprint density at radius 2 is 2.12 bits per heavy atom. The van der Waals surface area contributed by atoms with Crippen LogP contribution in [0, 0.1) is 0 Å². The van der Waals surface area contributed by atoms with Crippen molar-refractivity contribution in [1.29, 1.82) is 0 Å². The third kappa shape index (κ3) is 4.01. The highest BCUT2D eigenvalue weighted by atomic mass is 32.2. The Hall–Kier alpha value is -0.170. The first kappa shape index (κ1) is 13.9. The minimum atomic E-state index is -3.10. The van der Waals surface area contributed by atoms with Crippen molar-refractivity contribution in [3.05, 3.63) is 0 Å². The largest absolute Gasteiger partial charge is 0.385 e. The summed E-state index contributed by atoms with van der Waals surface area (Å²) in [5.74, 6) is 0.184. The summed E-state index contributed by atoms with van der Waals surface area (Å²) in [4.78, 5) is 0. The maximum absolute atomic E-state index is 11.9. The Morgan fingerprint density at radius 1 is 1.44 bits per heavy atom. The molecule has 0 atom stereocenters. The van der Waals surface area contributed by atoms with E-state index in [1.165, 1.54) is 0 Å². The molecule has 5 nitrogen and oxygen atoms in total. The van der Waals surface area contributed by atoms with E-state index in [1.54, 1.807) is 11.4 Å². The van der Waals surface area contributed by atoms with Crippen molar-refractivity contribution in [3.8, 4) is 0 Å². The predicted molar refractivity (Wildman–Crippen MR) is 63.9 cm³/mol. The molecule has 0 aromatic heterocycles. The van der Waals surface area contributed by atoms with E-state index in [4.69, 9.17) is 4.74 Å². The summed E-state index contributed by atoms with van der Waals surface area (Å²) >= 11 is 0. The minimum Gasteiger partial charge on any atom is -0.385 e. The van der Waals surface area contributed by atoms with Gasteiger partial charge in [-0.1, -0.05) is 0 Å². The summed E-state index contributed by atoms with van der Waals surface area (Å²) in [5.41, 5.74) is -0.156. The zero-order valence-corrected chi connectivity index (χ0v) is 11.1. The van der Waals surface area contributed by atoms with E-state index in [2.05, 4.69) is 5.32 Å². The van der Waals surface area contributed by atoms with Crippen LogP contribution in [-0.4, -0.2) is 57.4 Å². The molecule has 1 rings (SSSR count). The molecule has 1 heterocycles. The van der Waals surface area contributed by atoms with Gasteiger partial charge < -0.3 is 10.1 Å². The normalized spacial score (nSPS) is 25.2. The zero-order valence-electron chi connectivity index (χ0n) is 10.3. The monoisotopic (exact) mass is 250 g/mol. The van der Waals surface area contributed by atoms with Crippen LogP contribution in [-0.2, 0) is 14.8 Å². The smallest absolute Gasteiger partial charge is 0.215 e. The van der Waals surface area contributed by atoms with Gasteiger partial charge in [0, 0.05) is 38.9 Å². The molecule has 0 aromatic rings. The van der Waals surface area contributed by atoms with Gasteiger partial charge in [-0.2, -0.15) is 4.31 Å². The fraction of sp³-hybridized carbons (Fsp3) is 1.00. The van der Waals surface area contributed by atoms with E-state index in [1.807, 2.05) is 13.8 Å². The summed E-state index contributed by atoms with van der Waals surface area (Å²) in [5, 5.41) is 3.24. The SMILES string of the molecule is COCCCN1CC(C)(C)NCCS1(=O)=O. The Bertz CT molecular complexity index is 314. The lowest BCUT2D eigenvalue weighted by Gasteiger charge is -2.28.